The van der Waals surface area contributed by atoms with Crippen LogP contribution >= 0.6 is 23.1 Å². The monoisotopic (exact) mass is 260 g/mol. The highest BCUT2D eigenvalue weighted by molar-refractivity contribution is 7.98. The Morgan fingerprint density at radius 1 is 1.62 bits per heavy atom. The van der Waals surface area contributed by atoms with Crippen molar-refractivity contribution in [3.8, 4) is 0 Å². The van der Waals surface area contributed by atoms with Gasteiger partial charge in [0, 0.05) is 13.6 Å². The van der Waals surface area contributed by atoms with E-state index in [1.54, 1.807) is 18.8 Å². The lowest BCUT2D eigenvalue weighted by atomic mass is 10.4. The summed E-state index contributed by atoms with van der Waals surface area (Å²) in [6.07, 6.45) is 3.01. The molecule has 0 saturated heterocycles. The fourth-order valence-electron chi connectivity index (χ4n) is 1.10. The van der Waals surface area contributed by atoms with Gasteiger partial charge in [-0.05, 0) is 18.4 Å². The number of hydrogen-bond acceptors (Lipinski definition) is 6. The van der Waals surface area contributed by atoms with Gasteiger partial charge < -0.3 is 16.4 Å². The molecule has 1 heterocycles. The van der Waals surface area contributed by atoms with Crippen molar-refractivity contribution in [2.45, 2.75) is 6.42 Å². The zero-order valence-corrected chi connectivity index (χ0v) is 11.0. The van der Waals surface area contributed by atoms with Crippen molar-refractivity contribution >= 4 is 40.0 Å². The molecule has 0 bridgehead atoms. The molecular weight excluding hydrogens is 244 g/mol. The van der Waals surface area contributed by atoms with Gasteiger partial charge in [-0.2, -0.15) is 11.8 Å². The number of amides is 1. The molecule has 1 aromatic heterocycles. The normalized spacial score (nSPS) is 10.1. The van der Waals surface area contributed by atoms with Gasteiger partial charge in [-0.15, -0.1) is 0 Å². The number of hydrogen-bond donors (Lipinski definition) is 3. The first kappa shape index (κ1) is 13.1. The van der Waals surface area contributed by atoms with Crippen LogP contribution in [-0.2, 0) is 0 Å². The van der Waals surface area contributed by atoms with Gasteiger partial charge in [-0.25, -0.2) is 4.98 Å². The Labute approximate surface area is 103 Å². The van der Waals surface area contributed by atoms with Gasteiger partial charge in [0.2, 0.25) is 0 Å². The molecule has 0 aliphatic carbocycles. The average molecular weight is 260 g/mol. The lowest BCUT2D eigenvalue weighted by Crippen LogP contribution is -2.24. The third kappa shape index (κ3) is 3.57. The Kier molecular flexibility index (Phi) is 5.41. The maximum atomic E-state index is 11.7. The van der Waals surface area contributed by atoms with Crippen molar-refractivity contribution in [3.63, 3.8) is 0 Å². The number of nitrogens with two attached hydrogens (primary N) is 1. The highest BCUT2D eigenvalue weighted by atomic mass is 32.2. The van der Waals surface area contributed by atoms with Gasteiger partial charge in [-0.1, -0.05) is 11.3 Å². The summed E-state index contributed by atoms with van der Waals surface area (Å²) in [5, 5.41) is 6.34. The molecule has 7 heteroatoms. The fraction of sp³-hybridized carbons (Fsp3) is 0.556. The summed E-state index contributed by atoms with van der Waals surface area (Å²) in [4.78, 5) is 16.2. The lowest BCUT2D eigenvalue weighted by molar-refractivity contribution is 0.0958. The molecule has 0 aliphatic heterocycles. The van der Waals surface area contributed by atoms with E-state index in [1.807, 2.05) is 6.26 Å². The molecule has 4 N–H and O–H groups in total. The molecule has 1 amide bonds. The van der Waals surface area contributed by atoms with Crippen LogP contribution in [-0.4, -0.2) is 36.5 Å². The van der Waals surface area contributed by atoms with Crippen LogP contribution in [0.15, 0.2) is 0 Å². The summed E-state index contributed by atoms with van der Waals surface area (Å²) in [5.74, 6) is 1.19. The maximum absolute atomic E-state index is 11.7. The van der Waals surface area contributed by atoms with Crippen LogP contribution in [0.4, 0.5) is 10.9 Å². The average Bonchev–Trinajstić information content (AvgIpc) is 2.66. The van der Waals surface area contributed by atoms with Crippen LogP contribution in [0.1, 0.15) is 16.1 Å². The Morgan fingerprint density at radius 3 is 2.94 bits per heavy atom. The van der Waals surface area contributed by atoms with Gasteiger partial charge in [0.25, 0.3) is 5.91 Å². The van der Waals surface area contributed by atoms with Gasteiger partial charge in [0.15, 0.2) is 5.13 Å². The summed E-state index contributed by atoms with van der Waals surface area (Å²) in [6, 6.07) is 0. The van der Waals surface area contributed by atoms with Crippen molar-refractivity contribution in [2.75, 3.05) is 36.7 Å². The zero-order chi connectivity index (χ0) is 12.0. The van der Waals surface area contributed by atoms with Crippen LogP contribution in [0.3, 0.4) is 0 Å². The first-order chi connectivity index (χ1) is 7.69. The molecule has 16 heavy (non-hydrogen) atoms. The number of nitrogens with one attached hydrogen (secondary N) is 2. The fourth-order valence-corrected chi connectivity index (χ4v) is 2.29. The Morgan fingerprint density at radius 2 is 2.38 bits per heavy atom. The van der Waals surface area contributed by atoms with Crippen LogP contribution < -0.4 is 16.4 Å². The molecule has 0 radical (unpaired) electrons. The first-order valence-electron chi connectivity index (χ1n) is 4.90. The number of thiazole rings is 1. The topological polar surface area (TPSA) is 80.0 Å². The number of thioether (sulfide) groups is 1. The smallest absolute Gasteiger partial charge is 0.265 e. The summed E-state index contributed by atoms with van der Waals surface area (Å²) in [5.41, 5.74) is 5.64. The molecule has 0 aromatic carbocycles. The molecule has 0 unspecified atom stereocenters. The van der Waals surface area contributed by atoms with E-state index in [4.69, 9.17) is 5.73 Å². The minimum Gasteiger partial charge on any atom is -0.382 e. The Bertz CT molecular complexity index is 353. The molecule has 0 fully saturated rings. The third-order valence-electron chi connectivity index (χ3n) is 1.88. The summed E-state index contributed by atoms with van der Waals surface area (Å²) < 4.78 is 0. The Balaban J connectivity index is 2.49. The zero-order valence-electron chi connectivity index (χ0n) is 9.37. The minimum atomic E-state index is -0.141. The molecule has 0 aliphatic rings. The van der Waals surface area contributed by atoms with E-state index in [0.717, 1.165) is 12.2 Å². The van der Waals surface area contributed by atoms with Gasteiger partial charge in [-0.3, -0.25) is 4.79 Å². The number of aromatic nitrogens is 1. The van der Waals surface area contributed by atoms with E-state index >= 15 is 0 Å². The molecule has 5 nitrogen and oxygen atoms in total. The predicted octanol–water partition coefficient (Wildman–Crippen LogP) is 1.25. The summed E-state index contributed by atoms with van der Waals surface area (Å²) >= 11 is 3.03. The van der Waals surface area contributed by atoms with E-state index in [2.05, 4.69) is 15.6 Å². The largest absolute Gasteiger partial charge is 0.382 e. The van der Waals surface area contributed by atoms with Crippen molar-refractivity contribution in [1.82, 2.24) is 10.3 Å². The molecule has 1 aromatic rings. The summed E-state index contributed by atoms with van der Waals surface area (Å²) in [7, 11) is 1.75. The van der Waals surface area contributed by atoms with E-state index in [1.165, 1.54) is 11.3 Å². The number of carbonyl (C=O) groups excluding carboxylic acids is 1. The van der Waals surface area contributed by atoms with Crippen molar-refractivity contribution in [3.05, 3.63) is 4.88 Å². The van der Waals surface area contributed by atoms with Crippen LogP contribution in [0, 0.1) is 0 Å². The second-order valence-electron chi connectivity index (χ2n) is 3.09. The Hall–Kier alpha value is -0.950. The number of carbonyl (C=O) groups is 1. The molecule has 1 rings (SSSR count). The standard InChI is InChI=1S/C9H16N4OS2/c1-11-9-13-7(10)6(16-9)8(14)12-4-3-5-15-2/h3-5,10H2,1-2H3,(H,11,13)(H,12,14). The maximum Gasteiger partial charge on any atom is 0.265 e. The highest BCUT2D eigenvalue weighted by Crippen LogP contribution is 2.24. The molecule has 0 atom stereocenters. The molecule has 0 spiro atoms. The number of rotatable bonds is 6. The van der Waals surface area contributed by atoms with Crippen LogP contribution in [0.5, 0.6) is 0 Å². The first-order valence-corrected chi connectivity index (χ1v) is 7.11. The van der Waals surface area contributed by atoms with E-state index in [9.17, 15) is 4.79 Å². The van der Waals surface area contributed by atoms with Crippen molar-refractivity contribution in [2.24, 2.45) is 0 Å². The quantitative estimate of drug-likeness (QED) is 0.671. The molecule has 0 saturated carbocycles. The number of anilines is 2. The van der Waals surface area contributed by atoms with Gasteiger partial charge in [0.1, 0.15) is 10.7 Å². The number of nitrogens with zero attached hydrogens (tertiary/aromatic N) is 1. The molecular formula is C9H16N4OS2. The van der Waals surface area contributed by atoms with Crippen molar-refractivity contribution < 1.29 is 4.79 Å². The van der Waals surface area contributed by atoms with E-state index in [0.29, 0.717) is 16.6 Å². The van der Waals surface area contributed by atoms with Crippen LogP contribution in [0.2, 0.25) is 0 Å². The predicted molar refractivity (Wildman–Crippen MR) is 71.4 cm³/mol. The van der Waals surface area contributed by atoms with Crippen LogP contribution in [0.25, 0.3) is 0 Å². The lowest BCUT2D eigenvalue weighted by Gasteiger charge is -2.02. The van der Waals surface area contributed by atoms with Gasteiger partial charge in [0.05, 0.1) is 0 Å². The minimum absolute atomic E-state index is 0.141. The SMILES string of the molecule is CNc1nc(N)c(C(=O)NCCCSC)s1. The second-order valence-corrected chi connectivity index (χ2v) is 5.07. The highest BCUT2D eigenvalue weighted by Gasteiger charge is 2.14. The third-order valence-corrected chi connectivity index (χ3v) is 3.67. The number of nitrogen functional groups attached to an aromatic ring is 1. The second kappa shape index (κ2) is 6.59. The van der Waals surface area contributed by atoms with E-state index < -0.39 is 0 Å². The summed E-state index contributed by atoms with van der Waals surface area (Å²) in [6.45, 7) is 0.673. The van der Waals surface area contributed by atoms with Gasteiger partial charge >= 0.3 is 0 Å². The van der Waals surface area contributed by atoms with Crippen molar-refractivity contribution in [1.29, 1.82) is 0 Å². The van der Waals surface area contributed by atoms with E-state index in [-0.39, 0.29) is 11.7 Å². The molecule has 90 valence electrons.